The number of hydrogen-bond acceptors (Lipinski definition) is 5. The third kappa shape index (κ3) is 4.86. The Bertz CT molecular complexity index is 1530. The van der Waals surface area contributed by atoms with Gasteiger partial charge in [0, 0.05) is 24.2 Å². The van der Waals surface area contributed by atoms with Crippen molar-refractivity contribution >= 4 is 33.3 Å². The van der Waals surface area contributed by atoms with Gasteiger partial charge in [0.25, 0.3) is 5.56 Å². The summed E-state index contributed by atoms with van der Waals surface area (Å²) in [7, 11) is -3.36. The van der Waals surface area contributed by atoms with Gasteiger partial charge in [0.15, 0.2) is 0 Å². The second-order valence-electron chi connectivity index (χ2n) is 9.04. The smallest absolute Gasteiger partial charge is 0.313 e. The lowest BCUT2D eigenvalue weighted by Gasteiger charge is -2.35. The van der Waals surface area contributed by atoms with E-state index in [-0.39, 0.29) is 34.9 Å². The molecule has 1 aromatic heterocycles. The molecule has 2 aromatic carbocycles. The van der Waals surface area contributed by atoms with Gasteiger partial charge in [-0.05, 0) is 54.2 Å². The molecule has 2 atom stereocenters. The fourth-order valence-corrected chi connectivity index (χ4v) is 5.63. The number of benzene rings is 2. The van der Waals surface area contributed by atoms with Crippen LogP contribution in [0.3, 0.4) is 0 Å². The van der Waals surface area contributed by atoms with Gasteiger partial charge in [0.05, 0.1) is 28.7 Å². The van der Waals surface area contributed by atoms with Crippen molar-refractivity contribution in [2.75, 3.05) is 11.6 Å². The lowest BCUT2D eigenvalue weighted by molar-refractivity contribution is 0.177. The van der Waals surface area contributed by atoms with Gasteiger partial charge < -0.3 is 10.2 Å². The second-order valence-corrected chi connectivity index (χ2v) is 11.3. The Morgan fingerprint density at radius 3 is 2.83 bits per heavy atom. The molecule has 2 bridgehead atoms. The topological polar surface area (TPSA) is 124 Å². The summed E-state index contributed by atoms with van der Waals surface area (Å²) in [5.41, 5.74) is 2.87. The number of hydrogen-bond donors (Lipinski definition) is 3. The van der Waals surface area contributed by atoms with Crippen molar-refractivity contribution in [1.29, 1.82) is 0 Å². The third-order valence-corrected chi connectivity index (χ3v) is 7.49. The second kappa shape index (κ2) is 9.30. The first-order valence-electron chi connectivity index (χ1n) is 11.3. The number of amides is 2. The van der Waals surface area contributed by atoms with Gasteiger partial charge in [-0.15, -0.1) is 0 Å². The number of nitrogens with zero attached hydrogens (tertiary/aromatic N) is 2. The van der Waals surface area contributed by atoms with Crippen molar-refractivity contribution in [3.63, 3.8) is 0 Å². The van der Waals surface area contributed by atoms with Crippen LogP contribution in [0.5, 0.6) is 0 Å². The molecule has 1 saturated heterocycles. The van der Waals surface area contributed by atoms with E-state index >= 15 is 4.39 Å². The van der Waals surface area contributed by atoms with Gasteiger partial charge in [0.1, 0.15) is 5.82 Å². The van der Waals surface area contributed by atoms with Crippen LogP contribution >= 0.6 is 11.6 Å². The summed E-state index contributed by atoms with van der Waals surface area (Å²) < 4.78 is 40.3. The number of sulfonamides is 1. The Morgan fingerprint density at radius 2 is 2.06 bits per heavy atom. The van der Waals surface area contributed by atoms with Crippen LogP contribution in [-0.4, -0.2) is 41.8 Å². The fourth-order valence-electron chi connectivity index (χ4n) is 4.92. The molecule has 1 fully saturated rings. The Kier molecular flexibility index (Phi) is 6.31. The monoisotopic (exact) mass is 531 g/mol. The van der Waals surface area contributed by atoms with Crippen LogP contribution in [0.2, 0.25) is 5.02 Å². The molecule has 2 aliphatic rings. The molecule has 36 heavy (non-hydrogen) atoms. The van der Waals surface area contributed by atoms with Crippen molar-refractivity contribution < 1.29 is 17.6 Å². The van der Waals surface area contributed by atoms with Crippen LogP contribution in [0.25, 0.3) is 11.1 Å². The van der Waals surface area contributed by atoms with E-state index in [1.54, 1.807) is 29.2 Å². The summed E-state index contributed by atoms with van der Waals surface area (Å²) >= 11 is 6.47. The average molecular weight is 532 g/mol. The summed E-state index contributed by atoms with van der Waals surface area (Å²) in [5, 5.41) is 9.46. The van der Waals surface area contributed by atoms with Crippen molar-refractivity contribution in [3.05, 3.63) is 80.5 Å². The molecule has 188 valence electrons. The number of anilines is 1. The number of nitrogens with one attached hydrogen (secondary N) is 3. The SMILES string of the molecule is CS(=O)(=O)NCc1cccc(-c2cc(F)c(NC(=O)N3[C@H]4CC[C@@H]3c3n[nH]c(=O)cc3C4)cc2Cl)c1. The molecule has 2 amide bonds. The van der Waals surface area contributed by atoms with Crippen LogP contribution in [0.1, 0.15) is 35.7 Å². The molecule has 0 unspecified atom stereocenters. The number of fused-ring (bicyclic) bond motifs is 4. The number of H-pyrrole nitrogens is 1. The molecule has 9 nitrogen and oxygen atoms in total. The Morgan fingerprint density at radius 1 is 1.25 bits per heavy atom. The zero-order chi connectivity index (χ0) is 25.6. The van der Waals surface area contributed by atoms with Crippen LogP contribution in [-0.2, 0) is 23.0 Å². The van der Waals surface area contributed by atoms with E-state index in [9.17, 15) is 18.0 Å². The first kappa shape index (κ1) is 24.4. The Balaban J connectivity index is 1.36. The van der Waals surface area contributed by atoms with Crippen molar-refractivity contribution in [3.8, 4) is 11.1 Å². The molecule has 3 aromatic rings. The third-order valence-electron chi connectivity index (χ3n) is 6.50. The van der Waals surface area contributed by atoms with Gasteiger partial charge in [-0.2, -0.15) is 5.10 Å². The normalized spacial score (nSPS) is 18.7. The molecule has 0 saturated carbocycles. The molecule has 12 heteroatoms. The molecule has 0 aliphatic carbocycles. The van der Waals surface area contributed by atoms with Crippen LogP contribution < -0.4 is 15.6 Å². The number of carbonyl (C=O) groups is 1. The average Bonchev–Trinajstić information content (AvgIpc) is 3.14. The van der Waals surface area contributed by atoms with E-state index in [1.165, 1.54) is 18.2 Å². The van der Waals surface area contributed by atoms with Crippen molar-refractivity contribution in [2.24, 2.45) is 0 Å². The zero-order valence-corrected chi connectivity index (χ0v) is 20.8. The van der Waals surface area contributed by atoms with Crippen molar-refractivity contribution in [2.45, 2.75) is 37.9 Å². The number of aromatic nitrogens is 2. The molecule has 5 rings (SSSR count). The fraction of sp³-hybridized carbons (Fsp3) is 0.292. The molecular weight excluding hydrogens is 509 g/mol. The number of halogens is 2. The molecule has 2 aliphatic heterocycles. The summed E-state index contributed by atoms with van der Waals surface area (Å²) in [5.74, 6) is -0.658. The van der Waals surface area contributed by atoms with E-state index in [1.807, 2.05) is 0 Å². The largest absolute Gasteiger partial charge is 0.322 e. The van der Waals surface area contributed by atoms with Gasteiger partial charge in [0.2, 0.25) is 10.0 Å². The number of aromatic amines is 1. The Hall–Kier alpha value is -3.28. The maximum Gasteiger partial charge on any atom is 0.322 e. The van der Waals surface area contributed by atoms with E-state index in [0.29, 0.717) is 35.2 Å². The van der Waals surface area contributed by atoms with Crippen LogP contribution in [0.15, 0.2) is 47.3 Å². The number of urea groups is 1. The van der Waals surface area contributed by atoms with E-state index in [4.69, 9.17) is 11.6 Å². The summed E-state index contributed by atoms with van der Waals surface area (Å²) in [6, 6.07) is 10.2. The summed E-state index contributed by atoms with van der Waals surface area (Å²) in [6.07, 6.45) is 3.05. The zero-order valence-electron chi connectivity index (χ0n) is 19.2. The highest BCUT2D eigenvalue weighted by atomic mass is 35.5. The molecular formula is C24H23ClFN5O4S. The lowest BCUT2D eigenvalue weighted by Crippen LogP contribution is -2.45. The highest BCUT2D eigenvalue weighted by Crippen LogP contribution is 2.42. The van der Waals surface area contributed by atoms with Crippen molar-refractivity contribution in [1.82, 2.24) is 19.8 Å². The predicted molar refractivity (Wildman–Crippen MR) is 134 cm³/mol. The number of rotatable bonds is 5. The van der Waals surface area contributed by atoms with Gasteiger partial charge in [-0.1, -0.05) is 29.8 Å². The van der Waals surface area contributed by atoms with E-state index in [2.05, 4.69) is 20.2 Å². The minimum absolute atomic E-state index is 0.0525. The first-order chi connectivity index (χ1) is 17.1. The lowest BCUT2D eigenvalue weighted by atomic mass is 9.99. The molecule has 3 heterocycles. The van der Waals surface area contributed by atoms with Gasteiger partial charge >= 0.3 is 6.03 Å². The highest BCUT2D eigenvalue weighted by molar-refractivity contribution is 7.88. The summed E-state index contributed by atoms with van der Waals surface area (Å²) in [6.45, 7) is 0.0883. The minimum atomic E-state index is -3.36. The predicted octanol–water partition coefficient (Wildman–Crippen LogP) is 3.57. The van der Waals surface area contributed by atoms with Crippen LogP contribution in [0.4, 0.5) is 14.9 Å². The van der Waals surface area contributed by atoms with E-state index < -0.39 is 21.9 Å². The minimum Gasteiger partial charge on any atom is -0.313 e. The molecule has 0 radical (unpaired) electrons. The summed E-state index contributed by atoms with van der Waals surface area (Å²) in [4.78, 5) is 26.5. The standard InChI is InChI=1S/C24H23ClFN5O4S/c1-36(34,35)27-12-13-3-2-4-14(7-13)17-10-19(26)20(11-18(17)25)28-24(33)31-16-5-6-21(31)23-15(8-16)9-22(32)29-30-23/h2-4,7,9-11,16,21,27H,5-6,8,12H2,1H3,(H,28,33)(H,29,32)/t16-,21+/m0/s1. The van der Waals surface area contributed by atoms with Crippen LogP contribution in [0, 0.1) is 5.82 Å². The van der Waals surface area contributed by atoms with E-state index in [0.717, 1.165) is 18.2 Å². The Labute approximate surface area is 211 Å². The molecule has 0 spiro atoms. The van der Waals surface area contributed by atoms with Gasteiger partial charge in [-0.3, -0.25) is 4.79 Å². The number of carbonyl (C=O) groups excluding carboxylic acids is 1. The highest BCUT2D eigenvalue weighted by Gasteiger charge is 2.44. The maximum absolute atomic E-state index is 15.1. The van der Waals surface area contributed by atoms with Gasteiger partial charge in [-0.25, -0.2) is 27.4 Å². The maximum atomic E-state index is 15.1. The molecule has 3 N–H and O–H groups in total. The first-order valence-corrected chi connectivity index (χ1v) is 13.6. The quantitative estimate of drug-likeness (QED) is 0.464.